The molecule has 2 heterocycles. The van der Waals surface area contributed by atoms with Gasteiger partial charge in [-0.1, -0.05) is 23.3 Å². The Kier molecular flexibility index (Phi) is 4.56. The van der Waals surface area contributed by atoms with Crippen molar-refractivity contribution in [1.29, 1.82) is 0 Å². The zero-order valence-electron chi connectivity index (χ0n) is 11.0. The third-order valence-electron chi connectivity index (χ3n) is 3.64. The Balaban J connectivity index is 1.94. The van der Waals surface area contributed by atoms with Gasteiger partial charge in [-0.25, -0.2) is 0 Å². The van der Waals surface area contributed by atoms with Crippen LogP contribution in [0.5, 0.6) is 0 Å². The van der Waals surface area contributed by atoms with Crippen LogP contribution in [0, 0.1) is 0 Å². The summed E-state index contributed by atoms with van der Waals surface area (Å²) in [5.41, 5.74) is 2.39. The molecule has 4 nitrogen and oxygen atoms in total. The van der Waals surface area contributed by atoms with Crippen molar-refractivity contribution in [1.82, 2.24) is 0 Å². The van der Waals surface area contributed by atoms with E-state index in [9.17, 15) is 10.2 Å². The second kappa shape index (κ2) is 5.97. The quantitative estimate of drug-likeness (QED) is 0.743. The molecule has 0 amide bonds. The van der Waals surface area contributed by atoms with Crippen LogP contribution in [0.4, 0.5) is 0 Å². The molecule has 4 heteroatoms. The summed E-state index contributed by atoms with van der Waals surface area (Å²) < 4.78 is 11.0. The highest BCUT2D eigenvalue weighted by Crippen LogP contribution is 2.24. The lowest BCUT2D eigenvalue weighted by molar-refractivity contribution is -0.134. The van der Waals surface area contributed by atoms with Gasteiger partial charge >= 0.3 is 0 Å². The maximum Gasteiger partial charge on any atom is 0.109 e. The van der Waals surface area contributed by atoms with Gasteiger partial charge in [0.15, 0.2) is 0 Å². The van der Waals surface area contributed by atoms with Gasteiger partial charge in [0.2, 0.25) is 0 Å². The Morgan fingerprint density at radius 3 is 1.67 bits per heavy atom. The van der Waals surface area contributed by atoms with Crippen molar-refractivity contribution in [3.63, 3.8) is 0 Å². The van der Waals surface area contributed by atoms with Crippen LogP contribution in [-0.4, -0.2) is 47.8 Å². The molecule has 2 aliphatic rings. The third kappa shape index (κ3) is 3.20. The molecule has 2 aliphatic heterocycles. The van der Waals surface area contributed by atoms with Gasteiger partial charge in [-0.3, -0.25) is 0 Å². The Labute approximate surface area is 108 Å². The summed E-state index contributed by atoms with van der Waals surface area (Å²) in [5, 5.41) is 20.4. The van der Waals surface area contributed by atoms with Crippen molar-refractivity contribution in [3.8, 4) is 0 Å². The lowest BCUT2D eigenvalue weighted by Crippen LogP contribution is -2.47. The first-order valence-electron chi connectivity index (χ1n) is 6.48. The zero-order chi connectivity index (χ0) is 13.1. The van der Waals surface area contributed by atoms with Crippen molar-refractivity contribution < 1.29 is 19.7 Å². The molecular formula is C14H22O4. The number of aliphatic hydroxyl groups is 2. The van der Waals surface area contributed by atoms with Crippen LogP contribution in [0.2, 0.25) is 0 Å². The molecule has 0 radical (unpaired) electrons. The second-order valence-corrected chi connectivity index (χ2v) is 5.23. The number of hydrogen-bond donors (Lipinski definition) is 2. The molecule has 0 aliphatic carbocycles. The smallest absolute Gasteiger partial charge is 0.109 e. The maximum atomic E-state index is 10.2. The van der Waals surface area contributed by atoms with E-state index in [1.165, 1.54) is 11.1 Å². The monoisotopic (exact) mass is 254 g/mol. The normalized spacial score (nSPS) is 32.4. The molecule has 0 spiro atoms. The molecule has 0 bridgehead atoms. The number of ether oxygens (including phenoxy) is 2. The van der Waals surface area contributed by atoms with E-state index in [1.807, 2.05) is 26.0 Å². The summed E-state index contributed by atoms with van der Waals surface area (Å²) in [5.74, 6) is 0. The highest BCUT2D eigenvalue weighted by atomic mass is 16.5. The minimum atomic E-state index is -0.899. The maximum absolute atomic E-state index is 10.2. The van der Waals surface area contributed by atoms with Crippen LogP contribution < -0.4 is 0 Å². The van der Waals surface area contributed by atoms with E-state index in [0.29, 0.717) is 26.1 Å². The molecule has 4 atom stereocenters. The molecule has 18 heavy (non-hydrogen) atoms. The fourth-order valence-corrected chi connectivity index (χ4v) is 2.43. The van der Waals surface area contributed by atoms with Crippen molar-refractivity contribution in [2.24, 2.45) is 0 Å². The van der Waals surface area contributed by atoms with Gasteiger partial charge in [-0.05, 0) is 26.7 Å². The van der Waals surface area contributed by atoms with Gasteiger partial charge in [0.1, 0.15) is 12.2 Å². The molecule has 0 aromatic carbocycles. The summed E-state index contributed by atoms with van der Waals surface area (Å²) >= 11 is 0. The molecule has 0 aromatic heterocycles. The van der Waals surface area contributed by atoms with Crippen molar-refractivity contribution in [2.45, 2.75) is 51.1 Å². The molecule has 0 saturated heterocycles. The van der Waals surface area contributed by atoms with E-state index in [-0.39, 0.29) is 12.2 Å². The Hall–Kier alpha value is -0.680. The van der Waals surface area contributed by atoms with Gasteiger partial charge in [0.25, 0.3) is 0 Å². The van der Waals surface area contributed by atoms with Crippen LogP contribution in [0.15, 0.2) is 23.3 Å². The van der Waals surface area contributed by atoms with Gasteiger partial charge in [-0.2, -0.15) is 0 Å². The molecule has 102 valence electrons. The third-order valence-corrected chi connectivity index (χ3v) is 3.64. The second-order valence-electron chi connectivity index (χ2n) is 5.23. The number of hydrogen-bond acceptors (Lipinski definition) is 4. The van der Waals surface area contributed by atoms with E-state index >= 15 is 0 Å². The first kappa shape index (κ1) is 13.7. The summed E-state index contributed by atoms with van der Waals surface area (Å²) in [6.45, 7) is 5.03. The lowest BCUT2D eigenvalue weighted by atomic mass is 9.93. The van der Waals surface area contributed by atoms with Crippen LogP contribution in [0.3, 0.4) is 0 Å². The minimum absolute atomic E-state index is 0.334. The minimum Gasteiger partial charge on any atom is -0.388 e. The molecule has 0 saturated carbocycles. The highest BCUT2D eigenvalue weighted by Gasteiger charge is 2.35. The van der Waals surface area contributed by atoms with Gasteiger partial charge in [0, 0.05) is 0 Å². The highest BCUT2D eigenvalue weighted by molar-refractivity contribution is 5.08. The summed E-state index contributed by atoms with van der Waals surface area (Å²) in [6, 6.07) is 0. The number of rotatable bonds is 3. The largest absolute Gasteiger partial charge is 0.388 e. The van der Waals surface area contributed by atoms with Crippen molar-refractivity contribution in [2.75, 3.05) is 13.2 Å². The van der Waals surface area contributed by atoms with E-state index in [2.05, 4.69) is 0 Å². The van der Waals surface area contributed by atoms with E-state index in [0.717, 1.165) is 0 Å². The Morgan fingerprint density at radius 2 is 1.33 bits per heavy atom. The first-order valence-corrected chi connectivity index (χ1v) is 6.48. The molecular weight excluding hydrogens is 232 g/mol. The summed E-state index contributed by atoms with van der Waals surface area (Å²) in [4.78, 5) is 0. The van der Waals surface area contributed by atoms with Gasteiger partial charge in [0.05, 0.1) is 25.4 Å². The first-order chi connectivity index (χ1) is 8.58. The SMILES string of the molecule is CC1=CCO[C@H]([C@@H](O)[C@H](O)[C@@H]2CC(C)=CCO2)C1. The molecule has 2 rings (SSSR count). The average Bonchev–Trinajstić information content (AvgIpc) is 2.37. The Morgan fingerprint density at radius 1 is 0.944 bits per heavy atom. The average molecular weight is 254 g/mol. The van der Waals surface area contributed by atoms with E-state index in [4.69, 9.17) is 9.47 Å². The van der Waals surface area contributed by atoms with Crippen LogP contribution in [-0.2, 0) is 9.47 Å². The fourth-order valence-electron chi connectivity index (χ4n) is 2.43. The predicted octanol–water partition coefficient (Wildman–Crippen LogP) is 1.18. The zero-order valence-corrected chi connectivity index (χ0v) is 11.0. The molecule has 0 fully saturated rings. The van der Waals surface area contributed by atoms with E-state index in [1.54, 1.807) is 0 Å². The standard InChI is InChI=1S/C14H22O4/c1-9-3-5-17-11(7-9)13(15)14(16)12-8-10(2)4-6-18-12/h3-4,11-16H,5-8H2,1-2H3/t11-,12-,13+,14+/m0/s1. The van der Waals surface area contributed by atoms with E-state index < -0.39 is 12.2 Å². The lowest BCUT2D eigenvalue weighted by Gasteiger charge is -2.34. The summed E-state index contributed by atoms with van der Waals surface area (Å²) in [6.07, 6.45) is 2.87. The van der Waals surface area contributed by atoms with Crippen LogP contribution >= 0.6 is 0 Å². The number of aliphatic hydroxyl groups excluding tert-OH is 2. The van der Waals surface area contributed by atoms with Gasteiger partial charge in [-0.15, -0.1) is 0 Å². The molecule has 0 unspecified atom stereocenters. The fraction of sp³-hybridized carbons (Fsp3) is 0.714. The Bertz CT molecular complexity index is 314. The van der Waals surface area contributed by atoms with Crippen molar-refractivity contribution in [3.05, 3.63) is 23.3 Å². The van der Waals surface area contributed by atoms with Crippen molar-refractivity contribution >= 4 is 0 Å². The van der Waals surface area contributed by atoms with Crippen LogP contribution in [0.25, 0.3) is 0 Å². The molecule has 0 aromatic rings. The van der Waals surface area contributed by atoms with Crippen LogP contribution in [0.1, 0.15) is 26.7 Å². The topological polar surface area (TPSA) is 58.9 Å². The predicted molar refractivity (Wildman–Crippen MR) is 68.2 cm³/mol. The van der Waals surface area contributed by atoms with Gasteiger partial charge < -0.3 is 19.7 Å². The summed E-state index contributed by atoms with van der Waals surface area (Å²) in [7, 11) is 0. The molecule has 2 N–H and O–H groups in total.